The minimum Gasteiger partial charge on any atom is -0.314 e. The maximum Gasteiger partial charge on any atom is 0.231 e. The van der Waals surface area contributed by atoms with Crippen molar-refractivity contribution in [1.29, 1.82) is 0 Å². The van der Waals surface area contributed by atoms with Gasteiger partial charge in [0, 0.05) is 11.7 Å². The fourth-order valence-electron chi connectivity index (χ4n) is 3.92. The number of nitrogens with zero attached hydrogens (tertiary/aromatic N) is 2. The lowest BCUT2D eigenvalue weighted by atomic mass is 9.72. The zero-order chi connectivity index (χ0) is 14.2. The number of fused-ring (bicyclic) bond motifs is 2. The monoisotopic (exact) mass is 274 g/mol. The molecule has 108 valence electrons. The molecule has 1 amide bonds. The molecule has 0 radical (unpaired) electrons. The maximum absolute atomic E-state index is 12.7. The Morgan fingerprint density at radius 3 is 2.90 bits per heavy atom. The lowest BCUT2D eigenvalue weighted by Crippen LogP contribution is -2.47. The third kappa shape index (κ3) is 2.20. The highest BCUT2D eigenvalue weighted by Gasteiger charge is 2.54. The summed E-state index contributed by atoms with van der Waals surface area (Å²) in [5.41, 5.74) is -0.0305. The van der Waals surface area contributed by atoms with E-state index in [0.29, 0.717) is 11.6 Å². The first kappa shape index (κ1) is 13.5. The lowest BCUT2D eigenvalue weighted by Gasteiger charge is -2.38. The molecule has 0 aliphatic heterocycles. The van der Waals surface area contributed by atoms with Crippen LogP contribution in [0.3, 0.4) is 0 Å². The average molecular weight is 274 g/mol. The summed E-state index contributed by atoms with van der Waals surface area (Å²) in [7, 11) is 2.02. The van der Waals surface area contributed by atoms with E-state index in [1.165, 1.54) is 6.42 Å². The summed E-state index contributed by atoms with van der Waals surface area (Å²) in [6, 6.07) is 1.75. The van der Waals surface area contributed by atoms with Gasteiger partial charge in [-0.15, -0.1) is 0 Å². The lowest BCUT2D eigenvalue weighted by molar-refractivity contribution is -0.126. The van der Waals surface area contributed by atoms with Gasteiger partial charge in [0.15, 0.2) is 0 Å². The normalized spacial score (nSPS) is 32.1. The van der Waals surface area contributed by atoms with Gasteiger partial charge >= 0.3 is 0 Å². The fourth-order valence-corrected chi connectivity index (χ4v) is 3.92. The number of amides is 1. The zero-order valence-electron chi connectivity index (χ0n) is 12.2. The van der Waals surface area contributed by atoms with E-state index in [1.807, 2.05) is 14.0 Å². The molecule has 2 atom stereocenters. The Morgan fingerprint density at radius 1 is 1.30 bits per heavy atom. The van der Waals surface area contributed by atoms with Crippen LogP contribution in [0.15, 0.2) is 12.3 Å². The second-order valence-corrected chi connectivity index (χ2v) is 6.28. The van der Waals surface area contributed by atoms with Gasteiger partial charge in [-0.1, -0.05) is 6.42 Å². The van der Waals surface area contributed by atoms with Crippen LogP contribution in [0.25, 0.3) is 0 Å². The van der Waals surface area contributed by atoms with Gasteiger partial charge in [-0.05, 0) is 52.1 Å². The predicted octanol–water partition coefficient (Wildman–Crippen LogP) is 2.04. The molecule has 2 bridgehead atoms. The van der Waals surface area contributed by atoms with E-state index in [1.54, 1.807) is 12.3 Å². The van der Waals surface area contributed by atoms with Crippen LogP contribution in [-0.4, -0.2) is 28.5 Å². The van der Waals surface area contributed by atoms with Crippen LogP contribution < -0.4 is 10.6 Å². The molecule has 1 aromatic rings. The molecule has 0 spiro atoms. The van der Waals surface area contributed by atoms with E-state index in [-0.39, 0.29) is 16.9 Å². The Kier molecular flexibility index (Phi) is 3.24. The molecule has 5 heteroatoms. The second-order valence-electron chi connectivity index (χ2n) is 6.28. The molecular weight excluding hydrogens is 252 g/mol. The minimum atomic E-state index is -0.208. The zero-order valence-corrected chi connectivity index (χ0v) is 12.2. The molecule has 0 saturated heterocycles. The van der Waals surface area contributed by atoms with Gasteiger partial charge in [-0.2, -0.15) is 0 Å². The quantitative estimate of drug-likeness (QED) is 0.885. The van der Waals surface area contributed by atoms with E-state index in [2.05, 4.69) is 20.6 Å². The summed E-state index contributed by atoms with van der Waals surface area (Å²) in [5.74, 6) is 1.43. The van der Waals surface area contributed by atoms with Crippen molar-refractivity contribution in [2.24, 2.45) is 5.41 Å². The van der Waals surface area contributed by atoms with Crippen LogP contribution in [0.5, 0.6) is 0 Å². The van der Waals surface area contributed by atoms with Gasteiger partial charge in [0.1, 0.15) is 11.6 Å². The summed E-state index contributed by atoms with van der Waals surface area (Å²) in [4.78, 5) is 21.0. The Balaban J connectivity index is 1.77. The fraction of sp³-hybridized carbons (Fsp3) is 0.667. The smallest absolute Gasteiger partial charge is 0.231 e. The van der Waals surface area contributed by atoms with Crippen molar-refractivity contribution >= 4 is 11.7 Å². The summed E-state index contributed by atoms with van der Waals surface area (Å²) in [5, 5.41) is 6.45. The molecule has 0 aromatic carbocycles. The molecule has 2 saturated carbocycles. The Morgan fingerprint density at radius 2 is 2.15 bits per heavy atom. The van der Waals surface area contributed by atoms with Crippen LogP contribution in [-0.2, 0) is 4.79 Å². The third-order valence-corrected chi connectivity index (χ3v) is 5.10. The van der Waals surface area contributed by atoms with Gasteiger partial charge < -0.3 is 10.6 Å². The van der Waals surface area contributed by atoms with Crippen molar-refractivity contribution in [2.75, 3.05) is 12.4 Å². The molecule has 2 unspecified atom stereocenters. The molecule has 2 aliphatic rings. The van der Waals surface area contributed by atoms with Gasteiger partial charge in [-0.3, -0.25) is 4.79 Å². The number of carbonyl (C=O) groups excluding carboxylic acids is 1. The van der Waals surface area contributed by atoms with Gasteiger partial charge in [-0.25, -0.2) is 9.97 Å². The molecule has 2 N–H and O–H groups in total. The number of nitrogens with one attached hydrogen (secondary N) is 2. The first-order chi connectivity index (χ1) is 9.57. The van der Waals surface area contributed by atoms with Crippen molar-refractivity contribution in [3.8, 4) is 0 Å². The largest absolute Gasteiger partial charge is 0.314 e. The van der Waals surface area contributed by atoms with Crippen molar-refractivity contribution in [3.63, 3.8) is 0 Å². The first-order valence-corrected chi connectivity index (χ1v) is 7.38. The van der Waals surface area contributed by atoms with Crippen LogP contribution in [0.1, 0.15) is 44.3 Å². The number of carbonyl (C=O) groups is 1. The van der Waals surface area contributed by atoms with Gasteiger partial charge in [0.25, 0.3) is 0 Å². The SMILES string of the molecule is CNC12CCCC(C(=O)Nc3ccnc(C)n3)(CC1)C2. The molecule has 3 rings (SSSR count). The highest BCUT2D eigenvalue weighted by molar-refractivity contribution is 5.95. The summed E-state index contributed by atoms with van der Waals surface area (Å²) in [6.45, 7) is 1.83. The van der Waals surface area contributed by atoms with Gasteiger partial charge in [0.05, 0.1) is 5.41 Å². The highest BCUT2D eigenvalue weighted by atomic mass is 16.2. The molecule has 2 aliphatic carbocycles. The topological polar surface area (TPSA) is 66.9 Å². The van der Waals surface area contributed by atoms with E-state index in [9.17, 15) is 4.79 Å². The number of rotatable bonds is 3. The number of aromatic nitrogens is 2. The van der Waals surface area contributed by atoms with Crippen LogP contribution in [0, 0.1) is 12.3 Å². The Bertz CT molecular complexity index is 532. The summed E-state index contributed by atoms with van der Waals surface area (Å²) >= 11 is 0. The number of aryl methyl sites for hydroxylation is 1. The Labute approximate surface area is 119 Å². The molecule has 20 heavy (non-hydrogen) atoms. The van der Waals surface area contributed by atoms with Crippen LogP contribution >= 0.6 is 0 Å². The van der Waals surface area contributed by atoms with Crippen molar-refractivity contribution in [1.82, 2.24) is 15.3 Å². The Hall–Kier alpha value is -1.49. The summed E-state index contributed by atoms with van der Waals surface area (Å²) in [6.07, 6.45) is 8.01. The maximum atomic E-state index is 12.7. The highest BCUT2D eigenvalue weighted by Crippen LogP contribution is 2.53. The van der Waals surface area contributed by atoms with E-state index in [0.717, 1.165) is 32.1 Å². The molecule has 2 fully saturated rings. The molecule has 1 aromatic heterocycles. The number of hydrogen-bond acceptors (Lipinski definition) is 4. The van der Waals surface area contributed by atoms with Crippen molar-refractivity contribution in [3.05, 3.63) is 18.1 Å². The van der Waals surface area contributed by atoms with Crippen LogP contribution in [0.4, 0.5) is 5.82 Å². The third-order valence-electron chi connectivity index (χ3n) is 5.10. The van der Waals surface area contributed by atoms with E-state index < -0.39 is 0 Å². The molecule has 1 heterocycles. The number of hydrogen-bond donors (Lipinski definition) is 2. The molecular formula is C15H22N4O. The van der Waals surface area contributed by atoms with Crippen molar-refractivity contribution < 1.29 is 4.79 Å². The average Bonchev–Trinajstić information content (AvgIpc) is 2.72. The van der Waals surface area contributed by atoms with Crippen molar-refractivity contribution in [2.45, 2.75) is 51.0 Å². The minimum absolute atomic E-state index is 0.132. The first-order valence-electron chi connectivity index (χ1n) is 7.38. The van der Waals surface area contributed by atoms with Gasteiger partial charge in [0.2, 0.25) is 5.91 Å². The van der Waals surface area contributed by atoms with E-state index >= 15 is 0 Å². The number of anilines is 1. The second kappa shape index (κ2) is 4.81. The predicted molar refractivity (Wildman–Crippen MR) is 77.3 cm³/mol. The summed E-state index contributed by atoms with van der Waals surface area (Å²) < 4.78 is 0. The standard InChI is InChI=1S/C15H22N4O/c1-11-17-9-4-12(18-11)19-13(20)14-5-3-6-15(10-14,16-2)8-7-14/h4,9,16H,3,5-8,10H2,1-2H3,(H,17,18,19,20). The van der Waals surface area contributed by atoms with Crippen LogP contribution in [0.2, 0.25) is 0 Å². The van der Waals surface area contributed by atoms with E-state index in [4.69, 9.17) is 0 Å². The molecule has 5 nitrogen and oxygen atoms in total.